The smallest absolute Gasteiger partial charge is 0.406 e. The number of urea groups is 1. The molecule has 1 atom stereocenters. The Bertz CT molecular complexity index is 1190. The molecule has 1 aliphatic heterocycles. The summed E-state index contributed by atoms with van der Waals surface area (Å²) in [7, 11) is 0. The molecule has 3 amide bonds. The first-order chi connectivity index (χ1) is 16.7. The number of halogens is 3. The average Bonchev–Trinajstić information content (AvgIpc) is 3.35. The second-order valence-corrected chi connectivity index (χ2v) is 8.41. The number of alkyl halides is 3. The lowest BCUT2D eigenvalue weighted by Gasteiger charge is -2.30. The van der Waals surface area contributed by atoms with E-state index >= 15 is 0 Å². The molecule has 0 aliphatic carbocycles. The fraction of sp³-hybridized carbons (Fsp3) is 0.261. The van der Waals surface area contributed by atoms with Crippen molar-refractivity contribution in [3.63, 3.8) is 0 Å². The van der Waals surface area contributed by atoms with Gasteiger partial charge in [-0.3, -0.25) is 9.69 Å². The molecule has 1 aromatic carbocycles. The molecule has 0 spiro atoms. The first-order valence-electron chi connectivity index (χ1n) is 10.6. The van der Waals surface area contributed by atoms with Crippen LogP contribution in [0.25, 0.3) is 10.6 Å². The van der Waals surface area contributed by atoms with E-state index in [1.54, 1.807) is 19.1 Å². The van der Waals surface area contributed by atoms with Gasteiger partial charge in [0.05, 0.1) is 28.9 Å². The monoisotopic (exact) mass is 506 g/mol. The third kappa shape index (κ3) is 6.08. The maximum absolute atomic E-state index is 13.3. The first-order valence-corrected chi connectivity index (χ1v) is 11.5. The highest BCUT2D eigenvalue weighted by molar-refractivity contribution is 7.13. The molecule has 2 aromatic heterocycles. The topological polar surface area (TPSA) is 92.8 Å². The number of fused-ring (bicyclic) bond motifs is 1. The van der Waals surface area contributed by atoms with Gasteiger partial charge in [-0.15, -0.1) is 24.5 Å². The second-order valence-electron chi connectivity index (χ2n) is 7.46. The molecule has 0 radical (unpaired) electrons. The van der Waals surface area contributed by atoms with Gasteiger partial charge in [-0.1, -0.05) is 18.2 Å². The van der Waals surface area contributed by atoms with Gasteiger partial charge in [0.1, 0.15) is 12.3 Å². The highest BCUT2D eigenvalue weighted by Crippen LogP contribution is 2.33. The van der Waals surface area contributed by atoms with Crippen molar-refractivity contribution in [3.05, 3.63) is 59.5 Å². The summed E-state index contributed by atoms with van der Waals surface area (Å²) in [5.41, 5.74) is 1.55. The number of ether oxygens (including phenoxy) is 2. The number of nitrogens with one attached hydrogen (secondary N) is 2. The minimum absolute atomic E-state index is 0.0667. The van der Waals surface area contributed by atoms with Crippen molar-refractivity contribution in [2.75, 3.05) is 30.0 Å². The van der Waals surface area contributed by atoms with Crippen LogP contribution in [0.3, 0.4) is 0 Å². The molecular weight excluding hydrogens is 485 g/mol. The molecule has 2 N–H and O–H groups in total. The molecule has 3 aromatic rings. The van der Waals surface area contributed by atoms with Crippen LogP contribution in [0.15, 0.2) is 53.9 Å². The van der Waals surface area contributed by atoms with Crippen LogP contribution in [0.5, 0.6) is 5.75 Å². The number of aromatic nitrogens is 1. The zero-order valence-corrected chi connectivity index (χ0v) is 19.3. The Morgan fingerprint density at radius 1 is 1.23 bits per heavy atom. The van der Waals surface area contributed by atoms with Crippen LogP contribution in [0.4, 0.5) is 29.5 Å². The van der Waals surface area contributed by atoms with Crippen molar-refractivity contribution >= 4 is 34.8 Å². The standard InChI is InChI=1S/C23H21F3N4O4S/c1-2-33-13-18(14-5-7-15(8-6-14)34-23(24,25)26)29-22(32)30-12-20(31)27-17-10-9-16(28-21(17)30)19-4-3-11-35-19/h3-11,18H,2,12-13H2,1H3,(H,27,31)(H,29,32). The highest BCUT2D eigenvalue weighted by Gasteiger charge is 2.32. The van der Waals surface area contributed by atoms with Crippen LogP contribution in [0, 0.1) is 0 Å². The summed E-state index contributed by atoms with van der Waals surface area (Å²) < 4.78 is 46.8. The van der Waals surface area contributed by atoms with Crippen molar-refractivity contribution in [1.29, 1.82) is 0 Å². The maximum atomic E-state index is 13.3. The lowest BCUT2D eigenvalue weighted by atomic mass is 10.1. The number of hydrogen-bond acceptors (Lipinski definition) is 6. The van der Waals surface area contributed by atoms with Crippen molar-refractivity contribution in [3.8, 4) is 16.3 Å². The van der Waals surface area contributed by atoms with E-state index in [4.69, 9.17) is 4.74 Å². The van der Waals surface area contributed by atoms with Gasteiger partial charge in [-0.2, -0.15) is 0 Å². The van der Waals surface area contributed by atoms with Gasteiger partial charge in [-0.25, -0.2) is 9.78 Å². The molecule has 1 unspecified atom stereocenters. The van der Waals surface area contributed by atoms with Crippen LogP contribution < -0.4 is 20.3 Å². The molecule has 4 rings (SSSR count). The van der Waals surface area contributed by atoms with Crippen molar-refractivity contribution < 1.29 is 32.2 Å². The first kappa shape index (κ1) is 24.5. The van der Waals surface area contributed by atoms with Gasteiger partial charge in [-0.05, 0) is 48.2 Å². The second kappa shape index (κ2) is 10.3. The number of pyridine rings is 1. The van der Waals surface area contributed by atoms with E-state index in [9.17, 15) is 22.8 Å². The van der Waals surface area contributed by atoms with Crippen LogP contribution in [0.1, 0.15) is 18.5 Å². The zero-order chi connectivity index (χ0) is 25.0. The number of anilines is 2. The largest absolute Gasteiger partial charge is 0.573 e. The number of rotatable bonds is 7. The Morgan fingerprint density at radius 3 is 2.66 bits per heavy atom. The van der Waals surface area contributed by atoms with E-state index in [2.05, 4.69) is 20.4 Å². The Labute approximate surface area is 202 Å². The van der Waals surface area contributed by atoms with Gasteiger partial charge in [0.25, 0.3) is 0 Å². The Balaban J connectivity index is 1.57. The molecule has 8 nitrogen and oxygen atoms in total. The van der Waals surface area contributed by atoms with E-state index in [1.807, 2.05) is 17.5 Å². The predicted octanol–water partition coefficient (Wildman–Crippen LogP) is 4.95. The fourth-order valence-electron chi connectivity index (χ4n) is 3.48. The Kier molecular flexibility index (Phi) is 7.22. The highest BCUT2D eigenvalue weighted by atomic mass is 32.1. The quantitative estimate of drug-likeness (QED) is 0.473. The Hall–Kier alpha value is -3.64. The lowest BCUT2D eigenvalue weighted by Crippen LogP contribution is -2.49. The molecule has 1 aliphatic rings. The summed E-state index contributed by atoms with van der Waals surface area (Å²) in [6.45, 7) is 1.96. The Morgan fingerprint density at radius 2 is 2.00 bits per heavy atom. The number of hydrogen-bond donors (Lipinski definition) is 2. The van der Waals surface area contributed by atoms with Gasteiger partial charge in [0, 0.05) is 6.61 Å². The summed E-state index contributed by atoms with van der Waals surface area (Å²) in [6, 6.07) is 11.1. The zero-order valence-electron chi connectivity index (χ0n) is 18.5. The molecule has 0 saturated carbocycles. The molecule has 35 heavy (non-hydrogen) atoms. The minimum Gasteiger partial charge on any atom is -0.406 e. The van der Waals surface area contributed by atoms with Gasteiger partial charge in [0.2, 0.25) is 5.91 Å². The molecule has 0 saturated heterocycles. The van der Waals surface area contributed by atoms with Crippen molar-refractivity contribution in [2.45, 2.75) is 19.3 Å². The number of nitrogens with zero attached hydrogens (tertiary/aromatic N) is 2. The van der Waals surface area contributed by atoms with E-state index in [0.29, 0.717) is 23.6 Å². The van der Waals surface area contributed by atoms with Crippen molar-refractivity contribution in [2.24, 2.45) is 0 Å². The normalized spacial score (nSPS) is 14.2. The summed E-state index contributed by atoms with van der Waals surface area (Å²) in [6.07, 6.45) is -4.81. The summed E-state index contributed by atoms with van der Waals surface area (Å²) in [5, 5.41) is 7.42. The number of amides is 3. The molecule has 184 valence electrons. The SMILES string of the molecule is CCOCC(NC(=O)N1CC(=O)Nc2ccc(-c3cccs3)nc21)c1ccc(OC(F)(F)F)cc1. The van der Waals surface area contributed by atoms with Gasteiger partial charge in [0.15, 0.2) is 5.82 Å². The summed E-state index contributed by atoms with van der Waals surface area (Å²) in [4.78, 5) is 32.2. The van der Waals surface area contributed by atoms with Crippen molar-refractivity contribution in [1.82, 2.24) is 10.3 Å². The number of benzene rings is 1. The number of thiophene rings is 1. The van der Waals surface area contributed by atoms with Crippen LogP contribution in [0.2, 0.25) is 0 Å². The predicted molar refractivity (Wildman–Crippen MR) is 124 cm³/mol. The summed E-state index contributed by atoms with van der Waals surface area (Å²) >= 11 is 1.49. The number of carbonyl (C=O) groups excluding carboxylic acids is 2. The van der Waals surface area contributed by atoms with E-state index in [0.717, 1.165) is 17.0 Å². The van der Waals surface area contributed by atoms with Crippen LogP contribution in [-0.4, -0.2) is 43.0 Å². The lowest BCUT2D eigenvalue weighted by molar-refractivity contribution is -0.274. The molecular formula is C23H21F3N4O4S. The van der Waals surface area contributed by atoms with Gasteiger partial charge < -0.3 is 20.1 Å². The van der Waals surface area contributed by atoms with E-state index < -0.39 is 18.4 Å². The molecule has 12 heteroatoms. The molecule has 0 fully saturated rings. The number of carbonyl (C=O) groups is 2. The average molecular weight is 507 g/mol. The third-order valence-corrected chi connectivity index (χ3v) is 5.92. The van der Waals surface area contributed by atoms with Crippen LogP contribution >= 0.6 is 11.3 Å². The fourth-order valence-corrected chi connectivity index (χ4v) is 4.17. The van der Waals surface area contributed by atoms with Gasteiger partial charge >= 0.3 is 12.4 Å². The summed E-state index contributed by atoms with van der Waals surface area (Å²) in [5.74, 6) is -0.472. The molecule has 3 heterocycles. The van der Waals surface area contributed by atoms with E-state index in [-0.39, 0.29) is 30.6 Å². The molecule has 0 bridgehead atoms. The van der Waals surface area contributed by atoms with E-state index in [1.165, 1.54) is 28.4 Å². The minimum atomic E-state index is -4.81. The van der Waals surface area contributed by atoms with Crippen LogP contribution in [-0.2, 0) is 9.53 Å². The third-order valence-electron chi connectivity index (χ3n) is 5.03. The maximum Gasteiger partial charge on any atom is 0.573 e.